The molecule has 0 aromatic heterocycles. The molecule has 0 spiro atoms. The molecule has 1 aromatic rings. The highest BCUT2D eigenvalue weighted by molar-refractivity contribution is 8.15. The fourth-order valence-corrected chi connectivity index (χ4v) is 4.14. The van der Waals surface area contributed by atoms with Crippen LogP contribution in [0.4, 0.5) is 5.69 Å². The SMILES string of the molecule is CCCCN=C1SC(CC(=O)Nc2ccc(C(C)C)cc2)C(=O)N1CCCC. The summed E-state index contributed by atoms with van der Waals surface area (Å²) in [4.78, 5) is 31.7. The molecule has 2 amide bonds. The monoisotopic (exact) mass is 403 g/mol. The number of amidine groups is 1. The molecule has 1 aromatic carbocycles. The molecule has 28 heavy (non-hydrogen) atoms. The van der Waals surface area contributed by atoms with Crippen LogP contribution in [0.1, 0.15) is 71.3 Å². The summed E-state index contributed by atoms with van der Waals surface area (Å²) in [6.45, 7) is 9.93. The molecule has 154 valence electrons. The lowest BCUT2D eigenvalue weighted by Crippen LogP contribution is -2.34. The van der Waals surface area contributed by atoms with Crippen LogP contribution in [0.5, 0.6) is 0 Å². The average Bonchev–Trinajstić information content (AvgIpc) is 2.95. The summed E-state index contributed by atoms with van der Waals surface area (Å²) in [6, 6.07) is 7.89. The van der Waals surface area contributed by atoms with Crippen molar-refractivity contribution < 1.29 is 9.59 Å². The number of anilines is 1. The van der Waals surface area contributed by atoms with Crippen molar-refractivity contribution in [2.75, 3.05) is 18.4 Å². The van der Waals surface area contributed by atoms with Crippen molar-refractivity contribution in [3.63, 3.8) is 0 Å². The molecule has 0 aliphatic carbocycles. The lowest BCUT2D eigenvalue weighted by atomic mass is 10.0. The van der Waals surface area contributed by atoms with Gasteiger partial charge in [-0.25, -0.2) is 0 Å². The fraction of sp³-hybridized carbons (Fsp3) is 0.591. The summed E-state index contributed by atoms with van der Waals surface area (Å²) in [5.74, 6) is 0.337. The molecule has 1 aliphatic rings. The minimum absolute atomic E-state index is 0.0130. The first-order chi connectivity index (χ1) is 13.5. The molecular weight excluding hydrogens is 370 g/mol. The van der Waals surface area contributed by atoms with Crippen molar-refractivity contribution in [1.29, 1.82) is 0 Å². The third-order valence-corrected chi connectivity index (χ3v) is 5.96. The van der Waals surface area contributed by atoms with Gasteiger partial charge in [-0.15, -0.1) is 0 Å². The Balaban J connectivity index is 1.98. The Hall–Kier alpha value is -1.82. The summed E-state index contributed by atoms with van der Waals surface area (Å²) in [5, 5.41) is 3.32. The van der Waals surface area contributed by atoms with E-state index in [0.717, 1.165) is 43.1 Å². The molecule has 1 saturated heterocycles. The third-order valence-electron chi connectivity index (χ3n) is 4.75. The van der Waals surface area contributed by atoms with Gasteiger partial charge in [0.05, 0.1) is 0 Å². The zero-order valence-electron chi connectivity index (χ0n) is 17.5. The number of hydrogen-bond donors (Lipinski definition) is 1. The topological polar surface area (TPSA) is 61.8 Å². The number of rotatable bonds is 10. The number of unbranched alkanes of at least 4 members (excludes halogenated alkanes) is 2. The number of thioether (sulfide) groups is 1. The Morgan fingerprint density at radius 2 is 1.86 bits per heavy atom. The van der Waals surface area contributed by atoms with E-state index in [1.54, 1.807) is 4.90 Å². The molecule has 6 heteroatoms. The lowest BCUT2D eigenvalue weighted by Gasteiger charge is -2.16. The van der Waals surface area contributed by atoms with E-state index < -0.39 is 0 Å². The third kappa shape index (κ3) is 6.36. The van der Waals surface area contributed by atoms with E-state index in [9.17, 15) is 9.59 Å². The van der Waals surface area contributed by atoms with Crippen molar-refractivity contribution in [2.45, 2.75) is 71.0 Å². The number of aliphatic imine (C=N–C) groups is 1. The van der Waals surface area contributed by atoms with Gasteiger partial charge in [0.15, 0.2) is 5.17 Å². The number of nitrogens with zero attached hydrogens (tertiary/aromatic N) is 2. The van der Waals surface area contributed by atoms with Gasteiger partial charge in [-0.05, 0) is 36.5 Å². The van der Waals surface area contributed by atoms with Crippen molar-refractivity contribution in [3.05, 3.63) is 29.8 Å². The summed E-state index contributed by atoms with van der Waals surface area (Å²) < 4.78 is 0. The molecule has 0 saturated carbocycles. The summed E-state index contributed by atoms with van der Waals surface area (Å²) in [7, 11) is 0. The summed E-state index contributed by atoms with van der Waals surface area (Å²) in [6.07, 6.45) is 4.22. The van der Waals surface area contributed by atoms with E-state index in [1.807, 2.05) is 24.3 Å². The van der Waals surface area contributed by atoms with Crippen LogP contribution < -0.4 is 5.32 Å². The van der Waals surface area contributed by atoms with Gasteiger partial charge < -0.3 is 5.32 Å². The molecule has 1 unspecified atom stereocenters. The van der Waals surface area contributed by atoms with Gasteiger partial charge in [0.1, 0.15) is 5.25 Å². The number of carbonyl (C=O) groups excluding carboxylic acids is 2. The number of nitrogens with one attached hydrogen (secondary N) is 1. The maximum atomic E-state index is 12.8. The van der Waals surface area contributed by atoms with Crippen LogP contribution in [-0.2, 0) is 9.59 Å². The predicted molar refractivity (Wildman–Crippen MR) is 119 cm³/mol. The van der Waals surface area contributed by atoms with Crippen LogP contribution in [0.3, 0.4) is 0 Å². The first kappa shape index (κ1) is 22.5. The first-order valence-corrected chi connectivity index (χ1v) is 11.3. The number of hydrogen-bond acceptors (Lipinski definition) is 4. The van der Waals surface area contributed by atoms with Crippen LogP contribution in [0.15, 0.2) is 29.3 Å². The Labute approximate surface area is 173 Å². The van der Waals surface area contributed by atoms with Gasteiger partial charge in [-0.2, -0.15) is 0 Å². The molecule has 0 radical (unpaired) electrons. The van der Waals surface area contributed by atoms with Crippen molar-refractivity contribution in [2.24, 2.45) is 4.99 Å². The lowest BCUT2D eigenvalue weighted by molar-refractivity contribution is -0.128. The second-order valence-corrected chi connectivity index (χ2v) is 8.67. The minimum Gasteiger partial charge on any atom is -0.326 e. The highest BCUT2D eigenvalue weighted by Crippen LogP contribution is 2.30. The molecule has 2 rings (SSSR count). The van der Waals surface area contributed by atoms with E-state index in [-0.39, 0.29) is 23.5 Å². The smallest absolute Gasteiger partial charge is 0.242 e. The normalized spacial score (nSPS) is 18.3. The summed E-state index contributed by atoms with van der Waals surface area (Å²) in [5.41, 5.74) is 2.00. The number of carbonyl (C=O) groups is 2. The number of benzene rings is 1. The van der Waals surface area contributed by atoms with Crippen molar-refractivity contribution in [1.82, 2.24) is 4.90 Å². The summed E-state index contributed by atoms with van der Waals surface area (Å²) >= 11 is 1.44. The molecule has 0 bridgehead atoms. The number of amides is 2. The van der Waals surface area contributed by atoms with Gasteiger partial charge in [0.2, 0.25) is 11.8 Å². The van der Waals surface area contributed by atoms with E-state index in [2.05, 4.69) is 38.0 Å². The van der Waals surface area contributed by atoms with Gasteiger partial charge in [-0.3, -0.25) is 19.5 Å². The van der Waals surface area contributed by atoms with Gasteiger partial charge in [-0.1, -0.05) is 64.4 Å². The van der Waals surface area contributed by atoms with Gasteiger partial charge in [0.25, 0.3) is 0 Å². The Morgan fingerprint density at radius 1 is 1.18 bits per heavy atom. The van der Waals surface area contributed by atoms with E-state index in [0.29, 0.717) is 12.5 Å². The van der Waals surface area contributed by atoms with E-state index in [1.165, 1.54) is 17.3 Å². The van der Waals surface area contributed by atoms with Gasteiger partial charge >= 0.3 is 0 Å². The van der Waals surface area contributed by atoms with Crippen LogP contribution in [0, 0.1) is 0 Å². The van der Waals surface area contributed by atoms with E-state index in [4.69, 9.17) is 0 Å². The van der Waals surface area contributed by atoms with E-state index >= 15 is 0 Å². The first-order valence-electron chi connectivity index (χ1n) is 10.4. The molecule has 1 heterocycles. The second-order valence-electron chi connectivity index (χ2n) is 7.50. The molecule has 1 fully saturated rings. The van der Waals surface area contributed by atoms with Gasteiger partial charge in [0, 0.05) is 25.2 Å². The molecule has 5 nitrogen and oxygen atoms in total. The quantitative estimate of drug-likeness (QED) is 0.557. The van der Waals surface area contributed by atoms with Crippen LogP contribution in [0.2, 0.25) is 0 Å². The van der Waals surface area contributed by atoms with Crippen LogP contribution in [0.25, 0.3) is 0 Å². The largest absolute Gasteiger partial charge is 0.326 e. The Bertz CT molecular complexity index is 686. The standard InChI is InChI=1S/C22H33N3O2S/c1-5-7-13-23-22-25(14-8-6-2)21(27)19(28-22)15-20(26)24-18-11-9-17(10-12-18)16(3)4/h9-12,16,19H,5-8,13-15H2,1-4H3,(H,24,26). The second kappa shape index (κ2) is 11.2. The molecule has 1 aliphatic heterocycles. The maximum absolute atomic E-state index is 12.8. The average molecular weight is 404 g/mol. The van der Waals surface area contributed by atoms with Crippen molar-refractivity contribution in [3.8, 4) is 0 Å². The molecule has 1 N–H and O–H groups in total. The predicted octanol–water partition coefficient (Wildman–Crippen LogP) is 5.04. The zero-order valence-corrected chi connectivity index (χ0v) is 18.3. The minimum atomic E-state index is -0.382. The maximum Gasteiger partial charge on any atom is 0.242 e. The highest BCUT2D eigenvalue weighted by atomic mass is 32.2. The zero-order chi connectivity index (χ0) is 20.5. The van der Waals surface area contributed by atoms with Crippen LogP contribution >= 0.6 is 11.8 Å². The highest BCUT2D eigenvalue weighted by Gasteiger charge is 2.38. The Morgan fingerprint density at radius 3 is 2.46 bits per heavy atom. The van der Waals surface area contributed by atoms with Crippen LogP contribution in [-0.4, -0.2) is 40.2 Å². The molecular formula is C22H33N3O2S. The fourth-order valence-electron chi connectivity index (χ4n) is 2.95. The van der Waals surface area contributed by atoms with Crippen molar-refractivity contribution >= 4 is 34.4 Å². The molecule has 1 atom stereocenters. The Kier molecular flexibility index (Phi) is 9.03.